The Hall–Kier alpha value is -1.06. The Bertz CT molecular complexity index is 611. The number of hydrogen-bond acceptors (Lipinski definition) is 6. The van der Waals surface area contributed by atoms with E-state index in [1.807, 2.05) is 18.4 Å². The third kappa shape index (κ3) is 6.80. The molecule has 0 fully saturated rings. The monoisotopic (exact) mass is 365 g/mol. The van der Waals surface area contributed by atoms with Crippen molar-refractivity contribution in [2.75, 3.05) is 0 Å². The molecule has 2 aromatic rings. The lowest BCUT2D eigenvalue weighted by molar-refractivity contribution is -2.00. The van der Waals surface area contributed by atoms with E-state index in [0.29, 0.717) is 17.1 Å². The number of carbonyl (C=O) groups excluding carboxylic acids is 1. The lowest BCUT2D eigenvalue weighted by Gasteiger charge is -2.17. The molecule has 9 heteroatoms. The van der Waals surface area contributed by atoms with Crippen molar-refractivity contribution in [1.29, 1.82) is 0 Å². The minimum Gasteiger partial charge on any atom is -0.287 e. The maximum absolute atomic E-state index is 12.1. The fraction of sp³-hybridized carbons (Fsp3) is 0.231. The highest BCUT2D eigenvalue weighted by atomic mass is 35.7. The van der Waals surface area contributed by atoms with Gasteiger partial charge in [0.1, 0.15) is 0 Å². The number of ketones is 1. The summed E-state index contributed by atoms with van der Waals surface area (Å²) >= 11 is 7.45. The van der Waals surface area contributed by atoms with Gasteiger partial charge in [-0.25, -0.2) is 18.6 Å². The predicted octanol–water partition coefficient (Wildman–Crippen LogP) is -1.57. The highest BCUT2D eigenvalue weighted by Crippen LogP contribution is 2.11. The molecule has 6 nitrogen and oxygen atoms in total. The Morgan fingerprint density at radius 1 is 1.18 bits per heavy atom. The van der Waals surface area contributed by atoms with Crippen LogP contribution < -0.4 is 23.2 Å². The molecule has 1 aromatic carbocycles. The highest BCUT2D eigenvalue weighted by Gasteiger charge is 2.18. The van der Waals surface area contributed by atoms with Gasteiger partial charge in [0, 0.05) is 24.4 Å². The largest absolute Gasteiger partial charge is 0.287 e. The van der Waals surface area contributed by atoms with Crippen LogP contribution in [0.2, 0.25) is 5.02 Å². The number of carbonyl (C=O) groups is 1. The Labute approximate surface area is 138 Å². The molecule has 0 aliphatic heterocycles. The second-order valence-electron chi connectivity index (χ2n) is 4.29. The number of aromatic nitrogens is 1. The summed E-state index contributed by atoms with van der Waals surface area (Å²) in [5, 5.41) is 3.85. The average Bonchev–Trinajstić information content (AvgIpc) is 2.69. The first-order chi connectivity index (χ1) is 10.1. The van der Waals surface area contributed by atoms with Crippen molar-refractivity contribution in [2.24, 2.45) is 0 Å². The minimum absolute atomic E-state index is 0.108. The van der Waals surface area contributed by atoms with Gasteiger partial charge in [-0.2, -0.15) is 4.57 Å². The fourth-order valence-electron chi connectivity index (χ4n) is 1.65. The molecule has 120 valence electrons. The number of benzene rings is 1. The molecule has 0 saturated heterocycles. The van der Waals surface area contributed by atoms with E-state index in [1.54, 1.807) is 35.6 Å². The number of halogens is 2. The van der Waals surface area contributed by atoms with Crippen LogP contribution in [0.5, 0.6) is 0 Å². The number of rotatable bonds is 3. The van der Waals surface area contributed by atoms with Crippen molar-refractivity contribution < 1.29 is 38.2 Å². The fourth-order valence-corrected chi connectivity index (χ4v) is 2.58. The molecule has 1 aromatic heterocycles. The van der Waals surface area contributed by atoms with Gasteiger partial charge in [-0.1, -0.05) is 22.9 Å². The summed E-state index contributed by atoms with van der Waals surface area (Å²) in [6.45, 7) is 4.42. The minimum atomic E-state index is -4.94. The number of Topliss-reactive ketones (excluding diaryl/α,β-unsaturated/α-hetero) is 1. The smallest absolute Gasteiger partial charge is 0.234 e. The molecule has 0 aliphatic carbocycles. The number of thiazole rings is 1. The van der Waals surface area contributed by atoms with Crippen molar-refractivity contribution in [3.8, 4) is 0 Å². The summed E-state index contributed by atoms with van der Waals surface area (Å²) in [7, 11) is -4.94. The van der Waals surface area contributed by atoms with E-state index in [9.17, 15) is 4.79 Å². The standard InChI is InChI=1S/C13H13ClNOS.ClHO4/c1-9-8-17-10(2)15(9)7-13(16)11-3-5-12(14)6-4-11;2-1(3,4)5/h3-6,8H,7H2,1-2H3;(H,2,3,4,5)/q+1;/p-1. The van der Waals surface area contributed by atoms with Crippen molar-refractivity contribution in [2.45, 2.75) is 20.4 Å². The summed E-state index contributed by atoms with van der Waals surface area (Å²) < 4.78 is 36.0. The van der Waals surface area contributed by atoms with Gasteiger partial charge in [-0.3, -0.25) is 4.79 Å². The second kappa shape index (κ2) is 7.98. The van der Waals surface area contributed by atoms with Crippen molar-refractivity contribution >= 4 is 28.7 Å². The Morgan fingerprint density at radius 3 is 2.09 bits per heavy atom. The Kier molecular flexibility index (Phi) is 6.89. The maximum Gasteiger partial charge on any atom is 0.234 e. The van der Waals surface area contributed by atoms with Gasteiger partial charge in [0.15, 0.2) is 5.69 Å². The average molecular weight is 366 g/mol. The summed E-state index contributed by atoms with van der Waals surface area (Å²) in [6.07, 6.45) is 0. The van der Waals surface area contributed by atoms with E-state index in [4.69, 9.17) is 30.2 Å². The third-order valence-electron chi connectivity index (χ3n) is 2.67. The van der Waals surface area contributed by atoms with Crippen LogP contribution in [-0.4, -0.2) is 5.78 Å². The SMILES string of the molecule is Cc1csc(C)[n+]1CC(=O)c1ccc(Cl)cc1.[O-][Cl+3]([O-])([O-])[O-]. The summed E-state index contributed by atoms with van der Waals surface area (Å²) in [4.78, 5) is 12.1. The molecule has 2 rings (SSSR count). The molecule has 0 atom stereocenters. The first kappa shape index (κ1) is 19.0. The summed E-state index contributed by atoms with van der Waals surface area (Å²) in [6, 6.07) is 7.02. The van der Waals surface area contributed by atoms with Gasteiger partial charge in [0.2, 0.25) is 17.3 Å². The number of nitrogens with zero attached hydrogens (tertiary/aromatic N) is 1. The molecule has 0 spiro atoms. The van der Waals surface area contributed by atoms with Gasteiger partial charge in [-0.05, 0) is 24.3 Å². The first-order valence-electron chi connectivity index (χ1n) is 5.93. The molecule has 1 heterocycles. The van der Waals surface area contributed by atoms with Gasteiger partial charge in [0.25, 0.3) is 0 Å². The van der Waals surface area contributed by atoms with Gasteiger partial charge in [0.05, 0.1) is 5.38 Å². The molecule has 22 heavy (non-hydrogen) atoms. The van der Waals surface area contributed by atoms with E-state index in [1.165, 1.54) is 0 Å². The zero-order valence-corrected chi connectivity index (χ0v) is 14.1. The zero-order chi connectivity index (χ0) is 16.9. The number of hydrogen-bond donors (Lipinski definition) is 0. The molecule has 0 bridgehead atoms. The van der Waals surface area contributed by atoms with E-state index in [-0.39, 0.29) is 5.78 Å². The molecule has 0 amide bonds. The van der Waals surface area contributed by atoms with Crippen LogP contribution >= 0.6 is 22.9 Å². The van der Waals surface area contributed by atoms with Crippen LogP contribution in [0.15, 0.2) is 29.6 Å². The summed E-state index contributed by atoms with van der Waals surface area (Å²) in [5.74, 6) is 0.108. The van der Waals surface area contributed by atoms with Crippen molar-refractivity contribution in [3.63, 3.8) is 0 Å². The van der Waals surface area contributed by atoms with Crippen molar-refractivity contribution in [3.05, 3.63) is 50.9 Å². The normalized spacial score (nSPS) is 10.9. The Morgan fingerprint density at radius 2 is 1.68 bits per heavy atom. The van der Waals surface area contributed by atoms with Crippen LogP contribution in [0, 0.1) is 24.1 Å². The van der Waals surface area contributed by atoms with E-state index in [2.05, 4.69) is 5.38 Å². The molecule has 0 unspecified atom stereocenters. The number of aryl methyl sites for hydroxylation is 2. The lowest BCUT2D eigenvalue weighted by atomic mass is 10.1. The van der Waals surface area contributed by atoms with Crippen LogP contribution in [0.4, 0.5) is 0 Å². The topological polar surface area (TPSA) is 113 Å². The molecule has 0 N–H and O–H groups in total. The van der Waals surface area contributed by atoms with Crippen LogP contribution in [0.1, 0.15) is 21.1 Å². The second-order valence-corrected chi connectivity index (χ2v) is 6.54. The lowest BCUT2D eigenvalue weighted by Crippen LogP contribution is -2.68. The third-order valence-corrected chi connectivity index (χ3v) is 3.95. The molecule has 0 radical (unpaired) electrons. The van der Waals surface area contributed by atoms with Crippen LogP contribution in [0.3, 0.4) is 0 Å². The first-order valence-corrected chi connectivity index (χ1v) is 8.42. The van der Waals surface area contributed by atoms with Gasteiger partial charge in [-0.15, -0.1) is 10.2 Å². The maximum atomic E-state index is 12.1. The quantitative estimate of drug-likeness (QED) is 0.481. The van der Waals surface area contributed by atoms with Gasteiger partial charge >= 0.3 is 0 Å². The van der Waals surface area contributed by atoms with E-state index < -0.39 is 10.2 Å². The van der Waals surface area contributed by atoms with Crippen LogP contribution in [0.25, 0.3) is 0 Å². The molecular formula is C13H13Cl2NO5S. The Balaban J connectivity index is 0.000000422. The van der Waals surface area contributed by atoms with Crippen LogP contribution in [-0.2, 0) is 6.54 Å². The molecule has 0 saturated carbocycles. The van der Waals surface area contributed by atoms with E-state index in [0.717, 1.165) is 10.7 Å². The van der Waals surface area contributed by atoms with Gasteiger partial charge < -0.3 is 0 Å². The molecule has 0 aliphatic rings. The van der Waals surface area contributed by atoms with E-state index >= 15 is 0 Å². The zero-order valence-electron chi connectivity index (χ0n) is 11.7. The highest BCUT2D eigenvalue weighted by molar-refractivity contribution is 7.09. The molecular weight excluding hydrogens is 353 g/mol. The predicted molar refractivity (Wildman–Crippen MR) is 69.8 cm³/mol. The van der Waals surface area contributed by atoms with Crippen molar-refractivity contribution in [1.82, 2.24) is 0 Å². The summed E-state index contributed by atoms with van der Waals surface area (Å²) in [5.41, 5.74) is 1.82.